The van der Waals surface area contributed by atoms with Crippen molar-refractivity contribution in [1.29, 1.82) is 0 Å². The Kier molecular flexibility index (Phi) is 4.00. The molecule has 6 heteroatoms. The van der Waals surface area contributed by atoms with Crippen molar-refractivity contribution < 1.29 is 14.2 Å². The molecule has 5 nitrogen and oxygen atoms in total. The minimum Gasteiger partial charge on any atom is -0.390 e. The van der Waals surface area contributed by atoms with Gasteiger partial charge in [-0.1, -0.05) is 5.16 Å². The van der Waals surface area contributed by atoms with E-state index >= 15 is 0 Å². The highest BCUT2D eigenvalue weighted by molar-refractivity contribution is 5.99. The number of nitro groups is 1. The van der Waals surface area contributed by atoms with Gasteiger partial charge in [-0.3, -0.25) is 10.1 Å². The third-order valence-corrected chi connectivity index (χ3v) is 2.01. The molecule has 0 radical (unpaired) electrons. The summed E-state index contributed by atoms with van der Waals surface area (Å²) in [6.07, 6.45) is 0. The molecule has 0 bridgehead atoms. The molecule has 0 amide bonds. The van der Waals surface area contributed by atoms with E-state index in [-0.39, 0.29) is 17.0 Å². The first kappa shape index (κ1) is 14.1. The van der Waals surface area contributed by atoms with Gasteiger partial charge in [-0.2, -0.15) is 0 Å². The third-order valence-electron chi connectivity index (χ3n) is 2.01. The minimum atomic E-state index is -0.583. The lowest BCUT2D eigenvalue weighted by molar-refractivity contribution is -0.384. The Morgan fingerprint density at radius 2 is 2.06 bits per heavy atom. The maximum Gasteiger partial charge on any atom is 0.270 e. The summed E-state index contributed by atoms with van der Waals surface area (Å²) in [6, 6.07) is 3.29. The molecule has 1 rings (SSSR count). The van der Waals surface area contributed by atoms with Crippen LogP contribution in [0.3, 0.4) is 0 Å². The van der Waals surface area contributed by atoms with Gasteiger partial charge in [-0.05, 0) is 33.8 Å². The van der Waals surface area contributed by atoms with Crippen molar-refractivity contribution in [2.24, 2.45) is 5.16 Å². The fraction of sp³-hybridized carbons (Fsp3) is 0.417. The van der Waals surface area contributed by atoms with Gasteiger partial charge in [-0.25, -0.2) is 4.39 Å². The second kappa shape index (κ2) is 5.12. The summed E-state index contributed by atoms with van der Waals surface area (Å²) in [6.45, 7) is 6.93. The predicted octanol–water partition coefficient (Wildman–Crippen LogP) is 3.27. The Hall–Kier alpha value is -1.98. The van der Waals surface area contributed by atoms with Crippen LogP contribution in [0.15, 0.2) is 23.4 Å². The van der Waals surface area contributed by atoms with Crippen molar-refractivity contribution in [3.63, 3.8) is 0 Å². The van der Waals surface area contributed by atoms with E-state index < -0.39 is 16.3 Å². The Balaban J connectivity index is 3.08. The zero-order valence-corrected chi connectivity index (χ0v) is 10.7. The standard InChI is InChI=1S/C12H15FN2O3/c1-8(14-18-12(2,3)4)10-7-9(15(16)17)5-6-11(10)13/h5-7H,1-4H3/b14-8+. The number of benzene rings is 1. The highest BCUT2D eigenvalue weighted by atomic mass is 19.1. The Labute approximate surface area is 104 Å². The van der Waals surface area contributed by atoms with Crippen LogP contribution in [0, 0.1) is 15.9 Å². The molecule has 0 fully saturated rings. The lowest BCUT2D eigenvalue weighted by Crippen LogP contribution is -2.17. The molecule has 0 heterocycles. The van der Waals surface area contributed by atoms with E-state index in [1.165, 1.54) is 6.92 Å². The van der Waals surface area contributed by atoms with Gasteiger partial charge in [0.1, 0.15) is 11.4 Å². The quantitative estimate of drug-likeness (QED) is 0.472. The average Bonchev–Trinajstić information content (AvgIpc) is 2.25. The van der Waals surface area contributed by atoms with E-state index in [4.69, 9.17) is 4.84 Å². The van der Waals surface area contributed by atoms with Crippen molar-refractivity contribution in [2.75, 3.05) is 0 Å². The third kappa shape index (κ3) is 3.80. The van der Waals surface area contributed by atoms with E-state index in [2.05, 4.69) is 5.16 Å². The van der Waals surface area contributed by atoms with E-state index in [9.17, 15) is 14.5 Å². The van der Waals surface area contributed by atoms with Gasteiger partial charge in [0.15, 0.2) is 0 Å². The van der Waals surface area contributed by atoms with E-state index in [1.807, 2.05) is 0 Å². The normalized spacial score (nSPS) is 12.4. The topological polar surface area (TPSA) is 64.7 Å². The summed E-state index contributed by atoms with van der Waals surface area (Å²) >= 11 is 0. The fourth-order valence-electron chi connectivity index (χ4n) is 1.16. The van der Waals surface area contributed by atoms with Crippen LogP contribution in [-0.4, -0.2) is 16.2 Å². The number of hydrogen-bond acceptors (Lipinski definition) is 4. The van der Waals surface area contributed by atoms with Gasteiger partial charge in [0, 0.05) is 17.7 Å². The van der Waals surface area contributed by atoms with E-state index in [0.717, 1.165) is 18.2 Å². The molecule has 0 unspecified atom stereocenters. The first-order valence-corrected chi connectivity index (χ1v) is 5.38. The van der Waals surface area contributed by atoms with Crippen molar-refractivity contribution in [3.05, 3.63) is 39.7 Å². The SMILES string of the molecule is C/C(=N\OC(C)(C)C)c1cc([N+](=O)[O-])ccc1F. The second-order valence-electron chi connectivity index (χ2n) is 4.80. The van der Waals surface area contributed by atoms with Crippen LogP contribution in [0.25, 0.3) is 0 Å². The zero-order valence-electron chi connectivity index (χ0n) is 10.7. The van der Waals surface area contributed by atoms with Gasteiger partial charge < -0.3 is 4.84 Å². The molecule has 0 atom stereocenters. The van der Waals surface area contributed by atoms with Crippen molar-refractivity contribution in [3.8, 4) is 0 Å². The molecule has 18 heavy (non-hydrogen) atoms. The average molecular weight is 254 g/mol. The fourth-order valence-corrected chi connectivity index (χ4v) is 1.16. The van der Waals surface area contributed by atoms with Gasteiger partial charge >= 0.3 is 0 Å². The highest BCUT2D eigenvalue weighted by Crippen LogP contribution is 2.18. The van der Waals surface area contributed by atoms with Gasteiger partial charge in [-0.15, -0.1) is 0 Å². The Morgan fingerprint density at radius 1 is 1.44 bits per heavy atom. The van der Waals surface area contributed by atoms with Crippen LogP contribution in [-0.2, 0) is 4.84 Å². The van der Waals surface area contributed by atoms with Crippen molar-refractivity contribution >= 4 is 11.4 Å². The summed E-state index contributed by atoms with van der Waals surface area (Å²) in [5.41, 5.74) is -0.366. The molecule has 0 saturated carbocycles. The molecule has 1 aromatic rings. The monoisotopic (exact) mass is 254 g/mol. The molecule has 0 spiro atoms. The van der Waals surface area contributed by atoms with Crippen LogP contribution in [0.1, 0.15) is 33.3 Å². The number of nitro benzene ring substituents is 1. The number of nitrogens with zero attached hydrogens (tertiary/aromatic N) is 2. The lowest BCUT2D eigenvalue weighted by atomic mass is 10.1. The summed E-state index contributed by atoms with van der Waals surface area (Å²) in [4.78, 5) is 15.2. The molecule has 0 aliphatic rings. The number of hydrogen-bond donors (Lipinski definition) is 0. The number of non-ortho nitro benzene ring substituents is 1. The van der Waals surface area contributed by atoms with Gasteiger partial charge in [0.2, 0.25) is 0 Å². The van der Waals surface area contributed by atoms with Crippen molar-refractivity contribution in [1.82, 2.24) is 0 Å². The highest BCUT2D eigenvalue weighted by Gasteiger charge is 2.15. The summed E-state index contributed by atoms with van der Waals surface area (Å²) in [5.74, 6) is -0.570. The maximum absolute atomic E-state index is 13.5. The van der Waals surface area contributed by atoms with Crippen molar-refractivity contribution in [2.45, 2.75) is 33.3 Å². The molecule has 1 aromatic carbocycles. The Morgan fingerprint density at radius 3 is 2.56 bits per heavy atom. The molecule has 0 aliphatic heterocycles. The number of halogens is 1. The van der Waals surface area contributed by atoms with Gasteiger partial charge in [0.05, 0.1) is 10.6 Å². The first-order chi connectivity index (χ1) is 8.20. The largest absolute Gasteiger partial charge is 0.390 e. The summed E-state index contributed by atoms with van der Waals surface area (Å²) < 4.78 is 13.5. The first-order valence-electron chi connectivity index (χ1n) is 5.38. The molecular weight excluding hydrogens is 239 g/mol. The minimum absolute atomic E-state index is 0.0634. The second-order valence-corrected chi connectivity index (χ2v) is 4.80. The van der Waals surface area contributed by atoms with Crippen LogP contribution >= 0.6 is 0 Å². The molecule has 0 saturated heterocycles. The Bertz CT molecular complexity index is 493. The number of oxime groups is 1. The van der Waals surface area contributed by atoms with Crippen LogP contribution < -0.4 is 0 Å². The summed E-state index contributed by atoms with van der Waals surface area (Å²) in [7, 11) is 0. The van der Waals surface area contributed by atoms with Crippen LogP contribution in [0.4, 0.5) is 10.1 Å². The molecule has 0 aromatic heterocycles. The van der Waals surface area contributed by atoms with E-state index in [1.54, 1.807) is 20.8 Å². The zero-order chi connectivity index (χ0) is 13.9. The van der Waals surface area contributed by atoms with Gasteiger partial charge in [0.25, 0.3) is 5.69 Å². The van der Waals surface area contributed by atoms with E-state index in [0.29, 0.717) is 0 Å². The molecule has 98 valence electrons. The smallest absolute Gasteiger partial charge is 0.270 e. The predicted molar refractivity (Wildman–Crippen MR) is 66.1 cm³/mol. The molecule has 0 aliphatic carbocycles. The van der Waals surface area contributed by atoms with Crippen LogP contribution in [0.5, 0.6) is 0 Å². The molecular formula is C12H15FN2O3. The lowest BCUT2D eigenvalue weighted by Gasteiger charge is -2.16. The van der Waals surface area contributed by atoms with Crippen LogP contribution in [0.2, 0.25) is 0 Å². The maximum atomic E-state index is 13.5. The number of rotatable bonds is 3. The summed E-state index contributed by atoms with van der Waals surface area (Å²) in [5, 5.41) is 14.4. The molecule has 0 N–H and O–H groups in total.